The quantitative estimate of drug-likeness (QED) is 0.781. The summed E-state index contributed by atoms with van der Waals surface area (Å²) in [6.07, 6.45) is 4.70. The highest BCUT2D eigenvalue weighted by molar-refractivity contribution is 6.04. The zero-order chi connectivity index (χ0) is 15.3. The second kappa shape index (κ2) is 6.32. The van der Waals surface area contributed by atoms with Crippen LogP contribution in [0.2, 0.25) is 0 Å². The number of amides is 1. The number of nitrogens with one attached hydrogen (secondary N) is 2. The Balaban J connectivity index is 2.01. The van der Waals surface area contributed by atoms with Gasteiger partial charge in [-0.25, -0.2) is 4.98 Å². The van der Waals surface area contributed by atoms with Gasteiger partial charge in [0, 0.05) is 18.0 Å². The van der Waals surface area contributed by atoms with Crippen LogP contribution in [0.3, 0.4) is 0 Å². The van der Waals surface area contributed by atoms with Crippen molar-refractivity contribution in [2.75, 3.05) is 17.2 Å². The van der Waals surface area contributed by atoms with Crippen LogP contribution in [-0.4, -0.2) is 33.1 Å². The van der Waals surface area contributed by atoms with Crippen LogP contribution < -0.4 is 10.6 Å². The smallest absolute Gasteiger partial charge is 0.255 e. The molecule has 2 aromatic rings. The van der Waals surface area contributed by atoms with Crippen LogP contribution in [0.5, 0.6) is 0 Å². The van der Waals surface area contributed by atoms with Crippen LogP contribution >= 0.6 is 0 Å². The maximum Gasteiger partial charge on any atom is 0.255 e. The van der Waals surface area contributed by atoms with Crippen molar-refractivity contribution in [1.82, 2.24) is 9.97 Å². The van der Waals surface area contributed by atoms with Crippen molar-refractivity contribution in [3.8, 4) is 0 Å². The minimum atomic E-state index is -0.450. The van der Waals surface area contributed by atoms with Gasteiger partial charge in [0.25, 0.3) is 5.91 Å². The molecule has 110 valence electrons. The van der Waals surface area contributed by atoms with Crippen LogP contribution in [-0.2, 0) is 0 Å². The first-order valence-corrected chi connectivity index (χ1v) is 6.57. The fraction of sp³-hybridized carbons (Fsp3) is 0.267. The summed E-state index contributed by atoms with van der Waals surface area (Å²) in [6, 6.07) is 6.78. The first-order valence-electron chi connectivity index (χ1n) is 6.57. The maximum atomic E-state index is 12.0. The number of rotatable bonds is 5. The van der Waals surface area contributed by atoms with E-state index in [2.05, 4.69) is 20.6 Å². The topological polar surface area (TPSA) is 87.1 Å². The molecule has 0 radical (unpaired) electrons. The lowest BCUT2D eigenvalue weighted by Crippen LogP contribution is -2.35. The number of aromatic nitrogens is 2. The molecule has 0 fully saturated rings. The number of pyridine rings is 2. The zero-order valence-electron chi connectivity index (χ0n) is 12.0. The fourth-order valence-electron chi connectivity index (χ4n) is 1.63. The highest BCUT2D eigenvalue weighted by Crippen LogP contribution is 2.15. The Bertz CT molecular complexity index is 597. The Labute approximate surface area is 123 Å². The summed E-state index contributed by atoms with van der Waals surface area (Å²) in [7, 11) is 0. The predicted octanol–water partition coefficient (Wildman–Crippen LogP) is 1.91. The molecule has 0 unspecified atom stereocenters. The summed E-state index contributed by atoms with van der Waals surface area (Å²) in [5.41, 5.74) is 0.687. The standard InChI is InChI=1S/C15H18N4O2/c1-15(2,10-20)19-13-4-3-12(9-17-13)18-14(21)11-5-7-16-8-6-11/h3-9,20H,10H2,1-2H3,(H,17,19)(H,18,21). The molecule has 21 heavy (non-hydrogen) atoms. The molecule has 3 N–H and O–H groups in total. The molecule has 0 spiro atoms. The lowest BCUT2D eigenvalue weighted by atomic mass is 10.1. The molecular formula is C15H18N4O2. The third-order valence-electron chi connectivity index (χ3n) is 2.83. The van der Waals surface area contributed by atoms with E-state index in [4.69, 9.17) is 0 Å². The largest absolute Gasteiger partial charge is 0.394 e. The Hall–Kier alpha value is -2.47. The van der Waals surface area contributed by atoms with Gasteiger partial charge in [-0.1, -0.05) is 0 Å². The van der Waals surface area contributed by atoms with Crippen molar-refractivity contribution in [3.05, 3.63) is 48.4 Å². The maximum absolute atomic E-state index is 12.0. The molecule has 6 nitrogen and oxygen atoms in total. The number of hydrogen-bond acceptors (Lipinski definition) is 5. The van der Waals surface area contributed by atoms with Gasteiger partial charge in [-0.2, -0.15) is 0 Å². The molecule has 0 atom stereocenters. The number of carbonyl (C=O) groups excluding carboxylic acids is 1. The number of carbonyl (C=O) groups is 1. The van der Waals surface area contributed by atoms with Gasteiger partial charge in [0.1, 0.15) is 5.82 Å². The lowest BCUT2D eigenvalue weighted by molar-refractivity contribution is 0.102. The molecule has 0 aliphatic carbocycles. The number of anilines is 2. The third-order valence-corrected chi connectivity index (χ3v) is 2.83. The van der Waals surface area contributed by atoms with Gasteiger partial charge in [-0.15, -0.1) is 0 Å². The monoisotopic (exact) mass is 286 g/mol. The molecule has 2 rings (SSSR count). The molecule has 0 bridgehead atoms. The van der Waals surface area contributed by atoms with Crippen molar-refractivity contribution >= 4 is 17.4 Å². The second-order valence-corrected chi connectivity index (χ2v) is 5.29. The molecule has 2 heterocycles. The van der Waals surface area contributed by atoms with E-state index in [9.17, 15) is 9.90 Å². The summed E-state index contributed by atoms with van der Waals surface area (Å²) < 4.78 is 0. The summed E-state index contributed by atoms with van der Waals surface area (Å²) in [6.45, 7) is 3.73. The first kappa shape index (κ1) is 14.9. The number of aliphatic hydroxyl groups is 1. The van der Waals surface area contributed by atoms with E-state index in [1.165, 1.54) is 0 Å². The minimum absolute atomic E-state index is 0.00475. The van der Waals surface area contributed by atoms with Gasteiger partial charge in [-0.05, 0) is 38.1 Å². The summed E-state index contributed by atoms with van der Waals surface area (Å²) in [4.78, 5) is 20.0. The van der Waals surface area contributed by atoms with Crippen LogP contribution in [0.1, 0.15) is 24.2 Å². The molecule has 0 saturated carbocycles. The van der Waals surface area contributed by atoms with Gasteiger partial charge in [0.2, 0.25) is 0 Å². The predicted molar refractivity (Wildman–Crippen MR) is 81.2 cm³/mol. The molecule has 0 aromatic carbocycles. The van der Waals surface area contributed by atoms with Gasteiger partial charge in [0.15, 0.2) is 0 Å². The Morgan fingerprint density at radius 3 is 2.52 bits per heavy atom. The van der Waals surface area contributed by atoms with Crippen molar-refractivity contribution < 1.29 is 9.90 Å². The van der Waals surface area contributed by atoms with E-state index in [0.717, 1.165) is 0 Å². The number of hydrogen-bond donors (Lipinski definition) is 3. The van der Waals surface area contributed by atoms with Crippen molar-refractivity contribution in [1.29, 1.82) is 0 Å². The highest BCUT2D eigenvalue weighted by atomic mass is 16.3. The zero-order valence-corrected chi connectivity index (χ0v) is 12.0. The van der Waals surface area contributed by atoms with Crippen molar-refractivity contribution in [2.45, 2.75) is 19.4 Å². The number of nitrogens with zero attached hydrogens (tertiary/aromatic N) is 2. The molecule has 0 aliphatic rings. The van der Waals surface area contributed by atoms with E-state index in [1.54, 1.807) is 42.9 Å². The summed E-state index contributed by atoms with van der Waals surface area (Å²) in [5.74, 6) is 0.423. The normalized spacial score (nSPS) is 11.0. The number of aliphatic hydroxyl groups excluding tert-OH is 1. The summed E-state index contributed by atoms with van der Waals surface area (Å²) >= 11 is 0. The SMILES string of the molecule is CC(C)(CO)Nc1ccc(NC(=O)c2ccncc2)cn1. The second-order valence-electron chi connectivity index (χ2n) is 5.29. The van der Waals surface area contributed by atoms with E-state index < -0.39 is 5.54 Å². The van der Waals surface area contributed by atoms with Gasteiger partial charge in [-0.3, -0.25) is 9.78 Å². The molecule has 2 aromatic heterocycles. The molecule has 0 saturated heterocycles. The van der Waals surface area contributed by atoms with E-state index in [1.807, 2.05) is 13.8 Å². The van der Waals surface area contributed by atoms with Crippen molar-refractivity contribution in [2.24, 2.45) is 0 Å². The average Bonchev–Trinajstić information content (AvgIpc) is 2.50. The first-order chi connectivity index (χ1) is 10.00. The Kier molecular flexibility index (Phi) is 4.49. The summed E-state index contributed by atoms with van der Waals surface area (Å²) in [5, 5.41) is 15.1. The van der Waals surface area contributed by atoms with Crippen molar-refractivity contribution in [3.63, 3.8) is 0 Å². The third kappa shape index (κ3) is 4.25. The lowest BCUT2D eigenvalue weighted by Gasteiger charge is -2.24. The molecular weight excluding hydrogens is 268 g/mol. The van der Waals surface area contributed by atoms with Crippen LogP contribution in [0, 0.1) is 0 Å². The minimum Gasteiger partial charge on any atom is -0.394 e. The highest BCUT2D eigenvalue weighted by Gasteiger charge is 2.16. The van der Waals surface area contributed by atoms with Crippen LogP contribution in [0.4, 0.5) is 11.5 Å². The van der Waals surface area contributed by atoms with Gasteiger partial charge < -0.3 is 15.7 Å². The molecule has 6 heteroatoms. The Morgan fingerprint density at radius 2 is 1.95 bits per heavy atom. The van der Waals surface area contributed by atoms with Gasteiger partial charge >= 0.3 is 0 Å². The van der Waals surface area contributed by atoms with Crippen LogP contribution in [0.25, 0.3) is 0 Å². The van der Waals surface area contributed by atoms with Crippen LogP contribution in [0.15, 0.2) is 42.9 Å². The van der Waals surface area contributed by atoms with Gasteiger partial charge in [0.05, 0.1) is 24.0 Å². The Morgan fingerprint density at radius 1 is 1.24 bits per heavy atom. The molecule has 0 aliphatic heterocycles. The van der Waals surface area contributed by atoms with E-state index in [0.29, 0.717) is 17.1 Å². The van der Waals surface area contributed by atoms with E-state index in [-0.39, 0.29) is 12.5 Å². The average molecular weight is 286 g/mol. The fourth-order valence-corrected chi connectivity index (χ4v) is 1.63. The van der Waals surface area contributed by atoms with E-state index >= 15 is 0 Å². The molecule has 1 amide bonds.